The van der Waals surface area contributed by atoms with Gasteiger partial charge in [-0.1, -0.05) is 12.1 Å². The third-order valence-corrected chi connectivity index (χ3v) is 1.15. The minimum absolute atomic E-state index is 1.31. The monoisotopic (exact) mass is 126 g/mol. The molecule has 0 fully saturated rings. The first-order valence-corrected chi connectivity index (χ1v) is 3.11. The second-order valence-electron chi connectivity index (χ2n) is 1.23. The topological polar surface area (TPSA) is 13.1 Å². The molecule has 0 unspecified atom stereocenters. The van der Waals surface area contributed by atoms with E-state index in [1.807, 2.05) is 29.6 Å². The summed E-state index contributed by atoms with van der Waals surface area (Å²) < 4.78 is 4.87. The smallest absolute Gasteiger partial charge is 0.108 e. The second kappa shape index (κ2) is 3.27. The molecule has 0 atom stereocenters. The van der Waals surface area contributed by atoms with E-state index in [0.717, 1.165) is 0 Å². The van der Waals surface area contributed by atoms with E-state index in [1.54, 1.807) is 6.26 Å². The molecular weight excluding hydrogens is 120 g/mol. The van der Waals surface area contributed by atoms with E-state index in [-0.39, 0.29) is 0 Å². The zero-order chi connectivity index (χ0) is 5.66. The third kappa shape index (κ3) is 1.80. The maximum absolute atomic E-state index is 4.87. The van der Waals surface area contributed by atoms with Crippen molar-refractivity contribution in [2.75, 3.05) is 0 Å². The van der Waals surface area contributed by atoms with Gasteiger partial charge in [0.1, 0.15) is 6.26 Å². The van der Waals surface area contributed by atoms with Gasteiger partial charge in [0.25, 0.3) is 0 Å². The summed E-state index contributed by atoms with van der Waals surface area (Å²) in [6, 6.07) is 7.63. The summed E-state index contributed by atoms with van der Waals surface area (Å²) >= 11 is 1.31. The summed E-state index contributed by atoms with van der Waals surface area (Å²) in [7, 11) is 0. The highest BCUT2D eigenvalue weighted by Gasteiger charge is 1.59. The van der Waals surface area contributed by atoms with Crippen molar-refractivity contribution in [3.8, 4) is 0 Å². The highest BCUT2D eigenvalue weighted by Crippen LogP contribution is 1.88. The lowest BCUT2D eigenvalue weighted by Crippen LogP contribution is -1.43. The third-order valence-electron chi connectivity index (χ3n) is 0.657. The molecule has 1 heterocycles. The molecule has 0 saturated carbocycles. The summed E-state index contributed by atoms with van der Waals surface area (Å²) in [5.74, 6) is 0. The zero-order valence-electron chi connectivity index (χ0n) is 4.28. The van der Waals surface area contributed by atoms with E-state index < -0.39 is 0 Å². The van der Waals surface area contributed by atoms with Crippen LogP contribution in [0, 0.1) is 0 Å². The molecule has 0 amide bonds. The van der Waals surface area contributed by atoms with E-state index in [2.05, 4.69) is 0 Å². The standard InChI is InChI=1S/C6H6OS/c1-2-4-6-8-7-5-3-1/h1-6H. The molecule has 1 aromatic heterocycles. The first-order chi connectivity index (χ1) is 4.00. The lowest BCUT2D eigenvalue weighted by Gasteiger charge is -1.70. The van der Waals surface area contributed by atoms with Crippen molar-refractivity contribution in [2.45, 2.75) is 0 Å². The molecule has 0 N–H and O–H groups in total. The highest BCUT2D eigenvalue weighted by atomic mass is 32.1. The van der Waals surface area contributed by atoms with E-state index in [4.69, 9.17) is 3.85 Å². The van der Waals surface area contributed by atoms with Gasteiger partial charge in [0.2, 0.25) is 0 Å². The Bertz CT molecular complexity index is 113. The van der Waals surface area contributed by atoms with Crippen LogP contribution >= 0.6 is 11.6 Å². The quantitative estimate of drug-likeness (QED) is 0.520. The fourth-order valence-electron chi connectivity index (χ4n) is 0.347. The van der Waals surface area contributed by atoms with Gasteiger partial charge >= 0.3 is 0 Å². The molecule has 0 saturated heterocycles. The second-order valence-corrected chi connectivity index (χ2v) is 1.89. The maximum atomic E-state index is 4.87. The van der Waals surface area contributed by atoms with Crippen LogP contribution in [0.4, 0.5) is 0 Å². The normalized spacial score (nSPS) is 8.00. The van der Waals surface area contributed by atoms with Crippen molar-refractivity contribution in [1.29, 1.82) is 0 Å². The lowest BCUT2D eigenvalue weighted by molar-refractivity contribution is 0.684. The Labute approximate surface area is 52.1 Å². The SMILES string of the molecule is c1cccsocc1. The van der Waals surface area contributed by atoms with Gasteiger partial charge in [0.05, 0.1) is 0 Å². The average Bonchev–Trinajstić information content (AvgIpc) is 1.62. The van der Waals surface area contributed by atoms with Crippen molar-refractivity contribution in [2.24, 2.45) is 0 Å². The minimum atomic E-state index is 1.31. The van der Waals surface area contributed by atoms with Crippen LogP contribution in [-0.4, -0.2) is 0 Å². The maximum Gasteiger partial charge on any atom is 0.108 e. The van der Waals surface area contributed by atoms with Gasteiger partial charge in [-0.3, -0.25) is 0 Å². The van der Waals surface area contributed by atoms with Crippen LogP contribution in [0.2, 0.25) is 0 Å². The van der Waals surface area contributed by atoms with E-state index in [1.165, 1.54) is 11.6 Å². The molecule has 2 heteroatoms. The molecule has 0 radical (unpaired) electrons. The zero-order valence-corrected chi connectivity index (χ0v) is 5.10. The molecule has 0 aromatic carbocycles. The van der Waals surface area contributed by atoms with Crippen molar-refractivity contribution >= 4 is 11.6 Å². The Hall–Kier alpha value is -0.760. The Kier molecular flexibility index (Phi) is 2.20. The predicted octanol–water partition coefficient (Wildman–Crippen LogP) is 2.47. The summed E-state index contributed by atoms with van der Waals surface area (Å²) in [6.45, 7) is 0. The van der Waals surface area contributed by atoms with Gasteiger partial charge in [-0.05, 0) is 12.1 Å². The van der Waals surface area contributed by atoms with E-state index in [0.29, 0.717) is 0 Å². The Morgan fingerprint density at radius 1 is 1.00 bits per heavy atom. The van der Waals surface area contributed by atoms with Crippen LogP contribution in [0.25, 0.3) is 0 Å². The van der Waals surface area contributed by atoms with Gasteiger partial charge in [0.15, 0.2) is 0 Å². The van der Waals surface area contributed by atoms with Crippen molar-refractivity contribution < 1.29 is 3.85 Å². The minimum Gasteiger partial charge on any atom is -0.410 e. The van der Waals surface area contributed by atoms with Gasteiger partial charge < -0.3 is 3.85 Å². The number of hydrogen-bond acceptors (Lipinski definition) is 2. The van der Waals surface area contributed by atoms with Crippen LogP contribution in [-0.2, 0) is 0 Å². The molecular formula is C6H6OS. The van der Waals surface area contributed by atoms with E-state index >= 15 is 0 Å². The highest BCUT2D eigenvalue weighted by molar-refractivity contribution is 7.00. The van der Waals surface area contributed by atoms with Gasteiger partial charge in [-0.15, -0.1) is 0 Å². The van der Waals surface area contributed by atoms with Crippen LogP contribution in [0.3, 0.4) is 0 Å². The van der Waals surface area contributed by atoms with Gasteiger partial charge in [0, 0.05) is 17.0 Å². The summed E-state index contributed by atoms with van der Waals surface area (Å²) in [5, 5.41) is 1.88. The molecule has 8 heavy (non-hydrogen) atoms. The van der Waals surface area contributed by atoms with Crippen LogP contribution < -0.4 is 0 Å². The Morgan fingerprint density at radius 2 is 1.88 bits per heavy atom. The van der Waals surface area contributed by atoms with Crippen molar-refractivity contribution in [3.05, 3.63) is 35.9 Å². The summed E-state index contributed by atoms with van der Waals surface area (Å²) in [5.41, 5.74) is 0. The van der Waals surface area contributed by atoms with Gasteiger partial charge in [-0.2, -0.15) is 0 Å². The molecule has 1 rings (SSSR count). The molecule has 0 aliphatic heterocycles. The fraction of sp³-hybridized carbons (Fsp3) is 0. The van der Waals surface area contributed by atoms with Crippen LogP contribution in [0.5, 0.6) is 0 Å². The van der Waals surface area contributed by atoms with Crippen molar-refractivity contribution in [3.63, 3.8) is 0 Å². The summed E-state index contributed by atoms with van der Waals surface area (Å²) in [4.78, 5) is 0. The molecule has 0 aliphatic rings. The van der Waals surface area contributed by atoms with Crippen LogP contribution in [0.1, 0.15) is 0 Å². The van der Waals surface area contributed by atoms with Crippen LogP contribution in [0.15, 0.2) is 39.8 Å². The Balaban J connectivity index is 3.00. The number of rotatable bonds is 0. The molecule has 42 valence electrons. The molecule has 0 aliphatic carbocycles. The van der Waals surface area contributed by atoms with E-state index in [9.17, 15) is 0 Å². The lowest BCUT2D eigenvalue weighted by atomic mass is 10.5. The average molecular weight is 126 g/mol. The Morgan fingerprint density at radius 3 is 2.88 bits per heavy atom. The van der Waals surface area contributed by atoms with Gasteiger partial charge in [-0.25, -0.2) is 0 Å². The molecule has 0 bridgehead atoms. The molecule has 1 aromatic rings. The molecule has 1 nitrogen and oxygen atoms in total. The molecule has 0 spiro atoms. The first kappa shape index (κ1) is 5.38. The largest absolute Gasteiger partial charge is 0.410 e. The summed E-state index contributed by atoms with van der Waals surface area (Å²) in [6.07, 6.45) is 1.64. The number of hydrogen-bond donors (Lipinski definition) is 0. The van der Waals surface area contributed by atoms with Crippen molar-refractivity contribution in [1.82, 2.24) is 0 Å². The first-order valence-electron chi connectivity index (χ1n) is 2.30. The predicted molar refractivity (Wildman–Crippen MR) is 34.2 cm³/mol. The fourth-order valence-corrected chi connectivity index (χ4v) is 0.695.